The third-order valence-corrected chi connectivity index (χ3v) is 3.38. The summed E-state index contributed by atoms with van der Waals surface area (Å²) in [5.41, 5.74) is 9.34. The number of nitrogens with zero attached hydrogens (tertiary/aromatic N) is 4. The van der Waals surface area contributed by atoms with Crippen molar-refractivity contribution in [1.29, 1.82) is 0 Å². The molecule has 1 saturated heterocycles. The molecule has 0 radical (unpaired) electrons. The molecule has 2 aromatic heterocycles. The highest BCUT2D eigenvalue weighted by atomic mass is 16.5. The maximum atomic E-state index is 5.84. The van der Waals surface area contributed by atoms with Crippen LogP contribution in [0.25, 0.3) is 11.1 Å². The molecule has 0 atom stereocenters. The van der Waals surface area contributed by atoms with E-state index in [0.717, 1.165) is 48.9 Å². The fourth-order valence-corrected chi connectivity index (χ4v) is 2.41. The monoisotopic (exact) mass is 271 g/mol. The van der Waals surface area contributed by atoms with E-state index >= 15 is 0 Å². The van der Waals surface area contributed by atoms with E-state index in [1.165, 1.54) is 0 Å². The number of hydrogen-bond donors (Lipinski definition) is 1. The number of pyridine rings is 1. The van der Waals surface area contributed by atoms with Crippen LogP contribution in [-0.2, 0) is 4.74 Å². The zero-order valence-electron chi connectivity index (χ0n) is 11.4. The van der Waals surface area contributed by atoms with Crippen LogP contribution in [0, 0.1) is 6.92 Å². The average Bonchev–Trinajstić information content (AvgIpc) is 2.48. The second kappa shape index (κ2) is 5.42. The highest BCUT2D eigenvalue weighted by Gasteiger charge is 2.19. The van der Waals surface area contributed by atoms with Gasteiger partial charge in [0.05, 0.1) is 24.6 Å². The Hall–Kier alpha value is -2.21. The Balaban J connectivity index is 2.09. The molecule has 3 rings (SSSR count). The number of anilines is 2. The normalized spacial score (nSPS) is 15.3. The number of nitrogens with two attached hydrogens (primary N) is 1. The lowest BCUT2D eigenvalue weighted by Crippen LogP contribution is -2.37. The number of morpholine rings is 1. The van der Waals surface area contributed by atoms with E-state index in [1.807, 2.05) is 13.0 Å². The van der Waals surface area contributed by atoms with Gasteiger partial charge in [-0.05, 0) is 13.0 Å². The molecule has 1 fully saturated rings. The molecule has 104 valence electrons. The van der Waals surface area contributed by atoms with Gasteiger partial charge in [0.15, 0.2) is 0 Å². The molecule has 0 amide bonds. The zero-order chi connectivity index (χ0) is 13.9. The van der Waals surface area contributed by atoms with Crippen molar-refractivity contribution in [3.05, 3.63) is 30.5 Å². The van der Waals surface area contributed by atoms with Crippen molar-refractivity contribution in [3.63, 3.8) is 0 Å². The molecule has 6 nitrogen and oxygen atoms in total. The Morgan fingerprint density at radius 1 is 1.20 bits per heavy atom. The van der Waals surface area contributed by atoms with Gasteiger partial charge in [0.2, 0.25) is 0 Å². The molecule has 0 aliphatic carbocycles. The molecule has 0 saturated carbocycles. The molecule has 3 heterocycles. The van der Waals surface area contributed by atoms with Crippen molar-refractivity contribution in [2.45, 2.75) is 6.92 Å². The van der Waals surface area contributed by atoms with Gasteiger partial charge in [0, 0.05) is 36.6 Å². The van der Waals surface area contributed by atoms with E-state index in [2.05, 4.69) is 19.9 Å². The minimum atomic E-state index is 0.638. The number of ether oxygens (including phenoxy) is 1. The Morgan fingerprint density at radius 2 is 2.00 bits per heavy atom. The van der Waals surface area contributed by atoms with E-state index in [-0.39, 0.29) is 0 Å². The van der Waals surface area contributed by atoms with Crippen molar-refractivity contribution in [2.24, 2.45) is 0 Å². The number of hydrogen-bond acceptors (Lipinski definition) is 6. The van der Waals surface area contributed by atoms with Gasteiger partial charge in [-0.2, -0.15) is 0 Å². The smallest absolute Gasteiger partial charge is 0.140 e. The van der Waals surface area contributed by atoms with Crippen LogP contribution in [0.15, 0.2) is 24.8 Å². The Morgan fingerprint density at radius 3 is 2.75 bits per heavy atom. The minimum Gasteiger partial charge on any atom is -0.397 e. The summed E-state index contributed by atoms with van der Waals surface area (Å²) in [4.78, 5) is 15.1. The lowest BCUT2D eigenvalue weighted by molar-refractivity contribution is 0.122. The standard InChI is InChI=1S/C14H17N5O/c1-10-13(11-6-12(15)8-16-7-11)14(18-9-17-10)19-2-4-20-5-3-19/h6-9H,2-5,15H2,1H3. The Kier molecular flexibility index (Phi) is 3.47. The lowest BCUT2D eigenvalue weighted by Gasteiger charge is -2.29. The molecule has 0 bridgehead atoms. The first-order valence-corrected chi connectivity index (χ1v) is 6.61. The van der Waals surface area contributed by atoms with Crippen molar-refractivity contribution in [2.75, 3.05) is 36.9 Å². The first-order chi connectivity index (χ1) is 9.75. The van der Waals surface area contributed by atoms with Crippen LogP contribution >= 0.6 is 0 Å². The first-order valence-electron chi connectivity index (χ1n) is 6.61. The van der Waals surface area contributed by atoms with E-state index in [4.69, 9.17) is 10.5 Å². The molecule has 1 aliphatic heterocycles. The summed E-state index contributed by atoms with van der Waals surface area (Å²) in [6, 6.07) is 1.91. The minimum absolute atomic E-state index is 0.638. The van der Waals surface area contributed by atoms with Gasteiger partial charge in [-0.15, -0.1) is 0 Å². The van der Waals surface area contributed by atoms with Crippen LogP contribution in [0.5, 0.6) is 0 Å². The van der Waals surface area contributed by atoms with Crippen molar-refractivity contribution < 1.29 is 4.74 Å². The Labute approximate surface area is 117 Å². The highest BCUT2D eigenvalue weighted by Crippen LogP contribution is 2.31. The van der Waals surface area contributed by atoms with E-state index in [0.29, 0.717) is 5.69 Å². The third-order valence-electron chi connectivity index (χ3n) is 3.38. The summed E-state index contributed by atoms with van der Waals surface area (Å²) >= 11 is 0. The molecule has 20 heavy (non-hydrogen) atoms. The van der Waals surface area contributed by atoms with Crippen LogP contribution in [0.3, 0.4) is 0 Å². The van der Waals surface area contributed by atoms with Gasteiger partial charge >= 0.3 is 0 Å². The van der Waals surface area contributed by atoms with Crippen LogP contribution in [0.1, 0.15) is 5.69 Å². The zero-order valence-corrected chi connectivity index (χ0v) is 11.4. The summed E-state index contributed by atoms with van der Waals surface area (Å²) in [6.45, 7) is 5.08. The van der Waals surface area contributed by atoms with Crippen molar-refractivity contribution >= 4 is 11.5 Å². The average molecular weight is 271 g/mol. The summed E-state index contributed by atoms with van der Waals surface area (Å²) in [7, 11) is 0. The van der Waals surface area contributed by atoms with Crippen molar-refractivity contribution in [1.82, 2.24) is 15.0 Å². The largest absolute Gasteiger partial charge is 0.397 e. The molecular weight excluding hydrogens is 254 g/mol. The highest BCUT2D eigenvalue weighted by molar-refractivity contribution is 5.78. The molecule has 0 unspecified atom stereocenters. The molecule has 2 N–H and O–H groups in total. The molecular formula is C14H17N5O. The van der Waals surface area contributed by atoms with Crippen LogP contribution < -0.4 is 10.6 Å². The maximum Gasteiger partial charge on any atom is 0.140 e. The maximum absolute atomic E-state index is 5.84. The number of aromatic nitrogens is 3. The first kappa shape index (κ1) is 12.8. The van der Waals surface area contributed by atoms with Crippen LogP contribution in [0.4, 0.5) is 11.5 Å². The van der Waals surface area contributed by atoms with Gasteiger partial charge < -0.3 is 15.4 Å². The van der Waals surface area contributed by atoms with Gasteiger partial charge in [-0.3, -0.25) is 4.98 Å². The van der Waals surface area contributed by atoms with E-state index in [1.54, 1.807) is 18.7 Å². The number of aryl methyl sites for hydroxylation is 1. The summed E-state index contributed by atoms with van der Waals surface area (Å²) in [5.74, 6) is 0.924. The van der Waals surface area contributed by atoms with Crippen molar-refractivity contribution in [3.8, 4) is 11.1 Å². The second-order valence-corrected chi connectivity index (χ2v) is 4.76. The summed E-state index contributed by atoms with van der Waals surface area (Å²) in [5, 5.41) is 0. The van der Waals surface area contributed by atoms with E-state index < -0.39 is 0 Å². The summed E-state index contributed by atoms with van der Waals surface area (Å²) < 4.78 is 5.40. The van der Waals surface area contributed by atoms with E-state index in [9.17, 15) is 0 Å². The quantitative estimate of drug-likeness (QED) is 0.886. The van der Waals surface area contributed by atoms with Gasteiger partial charge in [0.1, 0.15) is 12.1 Å². The van der Waals surface area contributed by atoms with Gasteiger partial charge in [-0.25, -0.2) is 9.97 Å². The number of rotatable bonds is 2. The fraction of sp³-hybridized carbons (Fsp3) is 0.357. The predicted octanol–water partition coefficient (Wildman–Crippen LogP) is 1.27. The summed E-state index contributed by atoms with van der Waals surface area (Å²) in [6.07, 6.45) is 5.03. The van der Waals surface area contributed by atoms with Gasteiger partial charge in [0.25, 0.3) is 0 Å². The molecule has 1 aliphatic rings. The fourth-order valence-electron chi connectivity index (χ4n) is 2.41. The third kappa shape index (κ3) is 2.42. The topological polar surface area (TPSA) is 77.2 Å². The molecule has 0 spiro atoms. The van der Waals surface area contributed by atoms with Crippen LogP contribution in [-0.4, -0.2) is 41.3 Å². The molecule has 6 heteroatoms. The Bertz CT molecular complexity index is 610. The molecule has 2 aromatic rings. The molecule has 0 aromatic carbocycles. The predicted molar refractivity (Wildman–Crippen MR) is 77.4 cm³/mol. The SMILES string of the molecule is Cc1ncnc(N2CCOCC2)c1-c1cncc(N)c1. The van der Waals surface area contributed by atoms with Crippen LogP contribution in [0.2, 0.25) is 0 Å². The number of nitrogen functional groups attached to an aromatic ring is 1. The lowest BCUT2D eigenvalue weighted by atomic mass is 10.1. The second-order valence-electron chi connectivity index (χ2n) is 4.76. The van der Waals surface area contributed by atoms with Gasteiger partial charge in [-0.1, -0.05) is 0 Å².